The minimum Gasteiger partial charge on any atom is -0.455 e. The number of aliphatic hydroxyl groups excluding tert-OH is 1. The van der Waals surface area contributed by atoms with Crippen LogP contribution in [0.1, 0.15) is 27.7 Å². The third kappa shape index (κ3) is 5.57. The molecule has 80 valence electrons. The molecular weight excluding hydrogens is 180 g/mol. The van der Waals surface area contributed by atoms with Crippen LogP contribution in [0, 0.1) is 5.92 Å². The van der Waals surface area contributed by atoms with E-state index >= 15 is 0 Å². The fourth-order valence-corrected chi connectivity index (χ4v) is 0.854. The van der Waals surface area contributed by atoms with Gasteiger partial charge < -0.3 is 9.84 Å². The van der Waals surface area contributed by atoms with E-state index in [1.54, 1.807) is 6.92 Å². The van der Waals surface area contributed by atoms with Gasteiger partial charge in [-0.2, -0.15) is 0 Å². The monoisotopic (exact) mass is 198 g/mol. The normalized spacial score (nSPS) is 11.9. The highest BCUT2D eigenvalue weighted by molar-refractivity contribution is 5.66. The van der Waals surface area contributed by atoms with Crippen molar-refractivity contribution in [2.24, 2.45) is 5.92 Å². The molecule has 0 heterocycles. The number of esters is 1. The molecule has 1 N–H and O–H groups in total. The number of ether oxygens (including phenoxy) is 1. The van der Waals surface area contributed by atoms with Gasteiger partial charge in [0.1, 0.15) is 0 Å². The van der Waals surface area contributed by atoms with Gasteiger partial charge in [-0.1, -0.05) is 13.8 Å². The third-order valence-corrected chi connectivity index (χ3v) is 1.60. The summed E-state index contributed by atoms with van der Waals surface area (Å²) in [6, 6.07) is 0. The van der Waals surface area contributed by atoms with Gasteiger partial charge in [-0.05, 0) is 18.9 Å². The van der Waals surface area contributed by atoms with Gasteiger partial charge in [0.05, 0.1) is 6.61 Å². The summed E-state index contributed by atoms with van der Waals surface area (Å²) in [5, 5.41) is 8.96. The lowest BCUT2D eigenvalue weighted by atomic mass is 10.1. The first-order chi connectivity index (χ1) is 6.47. The van der Waals surface area contributed by atoms with Crippen LogP contribution >= 0.6 is 0 Å². The Kier molecular flexibility index (Phi) is 5.93. The molecule has 1 atom stereocenters. The van der Waals surface area contributed by atoms with Crippen LogP contribution in [-0.2, 0) is 9.53 Å². The first-order valence-electron chi connectivity index (χ1n) is 4.68. The first kappa shape index (κ1) is 12.9. The van der Waals surface area contributed by atoms with Crippen molar-refractivity contribution in [1.29, 1.82) is 0 Å². The van der Waals surface area contributed by atoms with Crippen LogP contribution < -0.4 is 0 Å². The molecule has 0 aliphatic heterocycles. The Bertz CT molecular complexity index is 247. The Labute approximate surface area is 85.1 Å². The molecule has 0 saturated heterocycles. The van der Waals surface area contributed by atoms with Gasteiger partial charge in [0.15, 0.2) is 6.10 Å². The van der Waals surface area contributed by atoms with E-state index in [4.69, 9.17) is 9.84 Å². The second kappa shape index (κ2) is 6.41. The quantitative estimate of drug-likeness (QED) is 0.552. The van der Waals surface area contributed by atoms with Crippen LogP contribution in [0.2, 0.25) is 0 Å². The van der Waals surface area contributed by atoms with Crippen molar-refractivity contribution in [1.82, 2.24) is 0 Å². The number of hydrogen-bond acceptors (Lipinski definition) is 3. The molecule has 0 radical (unpaired) electrons. The van der Waals surface area contributed by atoms with E-state index in [9.17, 15) is 4.79 Å². The summed E-state index contributed by atoms with van der Waals surface area (Å²) < 4.78 is 4.89. The molecule has 0 aromatic carbocycles. The Hall–Kier alpha value is -1.05. The van der Waals surface area contributed by atoms with E-state index in [0.29, 0.717) is 5.92 Å². The molecule has 1 unspecified atom stereocenters. The molecule has 0 saturated carbocycles. The lowest BCUT2D eigenvalue weighted by Gasteiger charge is -2.12. The van der Waals surface area contributed by atoms with Crippen molar-refractivity contribution in [3.05, 3.63) is 17.4 Å². The molecule has 0 aliphatic rings. The van der Waals surface area contributed by atoms with Crippen molar-refractivity contribution < 1.29 is 14.6 Å². The van der Waals surface area contributed by atoms with Gasteiger partial charge in [-0.15, -0.1) is 5.73 Å². The minimum atomic E-state index is -0.567. The molecule has 0 rings (SSSR count). The van der Waals surface area contributed by atoms with Crippen molar-refractivity contribution >= 4 is 5.97 Å². The molecule has 0 spiro atoms. The summed E-state index contributed by atoms with van der Waals surface area (Å²) in [5.41, 5.74) is 3.73. The van der Waals surface area contributed by atoms with Crippen LogP contribution in [0.15, 0.2) is 17.4 Å². The second-order valence-electron chi connectivity index (χ2n) is 3.52. The van der Waals surface area contributed by atoms with Crippen molar-refractivity contribution in [2.45, 2.75) is 33.8 Å². The fourth-order valence-electron chi connectivity index (χ4n) is 0.854. The fraction of sp³-hybridized carbons (Fsp3) is 0.636. The van der Waals surface area contributed by atoms with E-state index in [-0.39, 0.29) is 6.61 Å². The molecule has 3 heteroatoms. The summed E-state index contributed by atoms with van der Waals surface area (Å²) in [6.45, 7) is 6.95. The molecule has 0 amide bonds. The van der Waals surface area contributed by atoms with E-state index in [0.717, 1.165) is 5.57 Å². The van der Waals surface area contributed by atoms with Crippen LogP contribution in [-0.4, -0.2) is 23.8 Å². The van der Waals surface area contributed by atoms with Gasteiger partial charge >= 0.3 is 5.97 Å². The number of carbonyl (C=O) groups excluding carboxylic acids is 1. The second-order valence-corrected chi connectivity index (χ2v) is 3.52. The molecular formula is C11H18O3. The smallest absolute Gasteiger partial charge is 0.303 e. The number of aliphatic hydroxyl groups is 1. The summed E-state index contributed by atoms with van der Waals surface area (Å²) >= 11 is 0. The standard InChI is InChI=1S/C11H18O3/c1-8(2)5-6-9(3)11(7-12)14-10(4)13/h5,8,11-12H,7H2,1-4H3. The lowest BCUT2D eigenvalue weighted by Crippen LogP contribution is -2.21. The summed E-state index contributed by atoms with van der Waals surface area (Å²) in [7, 11) is 0. The van der Waals surface area contributed by atoms with E-state index < -0.39 is 12.1 Å². The van der Waals surface area contributed by atoms with Crippen LogP contribution in [0.3, 0.4) is 0 Å². The summed E-state index contributed by atoms with van der Waals surface area (Å²) in [6.07, 6.45) is 1.31. The SMILES string of the molecule is CC(=O)OC(CO)C(C)=C=CC(C)C. The van der Waals surface area contributed by atoms with Crippen LogP contribution in [0.4, 0.5) is 0 Å². The van der Waals surface area contributed by atoms with E-state index in [1.807, 2.05) is 19.9 Å². The van der Waals surface area contributed by atoms with Crippen LogP contribution in [0.25, 0.3) is 0 Å². The Morgan fingerprint density at radius 1 is 1.50 bits per heavy atom. The summed E-state index contributed by atoms with van der Waals surface area (Å²) in [5.74, 6) is -0.00336. The number of hydrogen-bond donors (Lipinski definition) is 1. The highest BCUT2D eigenvalue weighted by atomic mass is 16.5. The molecule has 0 fully saturated rings. The maximum absolute atomic E-state index is 10.7. The Morgan fingerprint density at radius 3 is 2.43 bits per heavy atom. The van der Waals surface area contributed by atoms with Gasteiger partial charge in [-0.25, -0.2) is 0 Å². The highest BCUT2D eigenvalue weighted by Crippen LogP contribution is 2.05. The molecule has 0 bridgehead atoms. The topological polar surface area (TPSA) is 46.5 Å². The van der Waals surface area contributed by atoms with Gasteiger partial charge in [0, 0.05) is 12.5 Å². The predicted molar refractivity (Wildman–Crippen MR) is 54.7 cm³/mol. The van der Waals surface area contributed by atoms with Crippen molar-refractivity contribution in [2.75, 3.05) is 6.61 Å². The lowest BCUT2D eigenvalue weighted by molar-refractivity contribution is -0.146. The predicted octanol–water partition coefficient (Wildman–Crippen LogP) is 1.67. The van der Waals surface area contributed by atoms with Gasteiger partial charge in [0.25, 0.3) is 0 Å². The van der Waals surface area contributed by atoms with Crippen molar-refractivity contribution in [3.8, 4) is 0 Å². The number of carbonyl (C=O) groups is 1. The maximum atomic E-state index is 10.7. The zero-order valence-electron chi connectivity index (χ0n) is 9.20. The molecule has 0 aromatic heterocycles. The zero-order chi connectivity index (χ0) is 11.1. The minimum absolute atomic E-state index is 0.204. The van der Waals surface area contributed by atoms with Gasteiger partial charge in [-0.3, -0.25) is 4.79 Å². The average Bonchev–Trinajstić information content (AvgIpc) is 2.09. The highest BCUT2D eigenvalue weighted by Gasteiger charge is 2.11. The summed E-state index contributed by atoms with van der Waals surface area (Å²) in [4.78, 5) is 10.7. The first-order valence-corrected chi connectivity index (χ1v) is 4.68. The Morgan fingerprint density at radius 2 is 2.07 bits per heavy atom. The van der Waals surface area contributed by atoms with Crippen LogP contribution in [0.5, 0.6) is 0 Å². The molecule has 0 aliphatic carbocycles. The van der Waals surface area contributed by atoms with E-state index in [2.05, 4.69) is 5.73 Å². The van der Waals surface area contributed by atoms with E-state index in [1.165, 1.54) is 6.92 Å². The third-order valence-electron chi connectivity index (χ3n) is 1.60. The maximum Gasteiger partial charge on any atom is 0.303 e. The molecule has 0 aromatic rings. The van der Waals surface area contributed by atoms with Crippen molar-refractivity contribution in [3.63, 3.8) is 0 Å². The molecule has 14 heavy (non-hydrogen) atoms. The molecule has 3 nitrogen and oxygen atoms in total. The number of rotatable bonds is 4. The Balaban J connectivity index is 4.52. The largest absolute Gasteiger partial charge is 0.455 e. The average molecular weight is 198 g/mol. The van der Waals surface area contributed by atoms with Gasteiger partial charge in [0.2, 0.25) is 0 Å². The zero-order valence-corrected chi connectivity index (χ0v) is 9.20.